The Morgan fingerprint density at radius 2 is 1.65 bits per heavy atom. The lowest BCUT2D eigenvalue weighted by Gasteiger charge is -2.35. The number of hydrogen-bond acceptors (Lipinski definition) is 6. The molecule has 2 aliphatic heterocycles. The van der Waals surface area contributed by atoms with Crippen molar-refractivity contribution in [3.8, 4) is 0 Å². The summed E-state index contributed by atoms with van der Waals surface area (Å²) in [6, 6.07) is 10.2. The monoisotopic (exact) mass is 463 g/mol. The Kier molecular flexibility index (Phi) is 7.08. The average molecular weight is 464 g/mol. The van der Waals surface area contributed by atoms with Crippen molar-refractivity contribution in [2.75, 3.05) is 45.8 Å². The number of aliphatic hydroxyl groups excluding tert-OH is 1. The molecule has 2 aliphatic rings. The summed E-state index contributed by atoms with van der Waals surface area (Å²) >= 11 is 1.55. The minimum Gasteiger partial charge on any atom is -0.386 e. The second-order valence-corrected chi connectivity index (χ2v) is 11.0. The molecule has 1 atom stereocenters. The molecule has 0 saturated carbocycles. The average Bonchev–Trinajstić information content (AvgIpc) is 3.35. The van der Waals surface area contributed by atoms with Crippen molar-refractivity contribution in [1.29, 1.82) is 0 Å². The number of sulfonamides is 1. The van der Waals surface area contributed by atoms with Gasteiger partial charge >= 0.3 is 0 Å². The molecule has 0 radical (unpaired) electrons. The zero-order chi connectivity index (χ0) is 21.8. The van der Waals surface area contributed by atoms with E-state index in [9.17, 15) is 18.3 Å². The maximum atomic E-state index is 12.9. The Balaban J connectivity index is 1.33. The van der Waals surface area contributed by atoms with E-state index in [1.807, 2.05) is 17.5 Å². The fourth-order valence-electron chi connectivity index (χ4n) is 4.16. The van der Waals surface area contributed by atoms with Gasteiger partial charge in [0, 0.05) is 56.3 Å². The lowest BCUT2D eigenvalue weighted by atomic mass is 10.1. The molecule has 168 valence electrons. The van der Waals surface area contributed by atoms with Crippen molar-refractivity contribution in [1.82, 2.24) is 14.1 Å². The molecular formula is C22H29N3O4S2. The number of rotatable bonds is 6. The van der Waals surface area contributed by atoms with Gasteiger partial charge in [-0.15, -0.1) is 11.3 Å². The predicted molar refractivity (Wildman–Crippen MR) is 121 cm³/mol. The molecule has 1 aromatic heterocycles. The zero-order valence-electron chi connectivity index (χ0n) is 17.5. The smallest absolute Gasteiger partial charge is 0.253 e. The van der Waals surface area contributed by atoms with Crippen LogP contribution in [-0.2, 0) is 10.0 Å². The van der Waals surface area contributed by atoms with E-state index < -0.39 is 16.1 Å². The van der Waals surface area contributed by atoms with Crippen LogP contribution in [0.15, 0.2) is 46.7 Å². The Morgan fingerprint density at radius 1 is 0.968 bits per heavy atom. The first-order chi connectivity index (χ1) is 14.9. The second-order valence-electron chi connectivity index (χ2n) is 8.11. The van der Waals surface area contributed by atoms with Crippen molar-refractivity contribution in [2.24, 2.45) is 0 Å². The third kappa shape index (κ3) is 5.18. The number of β-amino-alcohol motifs (C(OH)–C–C–N with tert-alkyl or cyclic N) is 1. The van der Waals surface area contributed by atoms with Gasteiger partial charge in [-0.3, -0.25) is 9.69 Å². The van der Waals surface area contributed by atoms with E-state index in [1.165, 1.54) is 4.31 Å². The van der Waals surface area contributed by atoms with Gasteiger partial charge in [-0.1, -0.05) is 12.5 Å². The van der Waals surface area contributed by atoms with Gasteiger partial charge in [0.05, 0.1) is 4.90 Å². The van der Waals surface area contributed by atoms with Crippen LogP contribution in [0.25, 0.3) is 0 Å². The fraction of sp³-hybridized carbons (Fsp3) is 0.500. The summed E-state index contributed by atoms with van der Waals surface area (Å²) in [5.41, 5.74) is 0.504. The van der Waals surface area contributed by atoms with Crippen LogP contribution < -0.4 is 0 Å². The number of thiophene rings is 1. The molecule has 4 rings (SSSR count). The van der Waals surface area contributed by atoms with Gasteiger partial charge in [0.1, 0.15) is 6.10 Å². The van der Waals surface area contributed by atoms with E-state index in [-0.39, 0.29) is 10.8 Å². The second kappa shape index (κ2) is 9.79. The van der Waals surface area contributed by atoms with E-state index in [4.69, 9.17) is 0 Å². The van der Waals surface area contributed by atoms with Crippen LogP contribution in [-0.4, -0.2) is 79.3 Å². The lowest BCUT2D eigenvalue weighted by molar-refractivity contribution is 0.0532. The van der Waals surface area contributed by atoms with Crippen LogP contribution in [0, 0.1) is 0 Å². The molecule has 0 spiro atoms. The molecule has 2 fully saturated rings. The predicted octanol–water partition coefficient (Wildman–Crippen LogP) is 2.41. The standard InChI is InChI=1S/C22H29N3O4S2/c26-20(21-5-4-16-30-21)17-23-12-14-24(15-13-23)22(27)18-6-8-19(9-7-18)31(28,29)25-10-2-1-3-11-25/h4-9,16,20,26H,1-3,10-15,17H2. The Hall–Kier alpha value is -1.78. The maximum absolute atomic E-state index is 12.9. The minimum atomic E-state index is -3.49. The quantitative estimate of drug-likeness (QED) is 0.712. The molecule has 31 heavy (non-hydrogen) atoms. The Bertz CT molecular complexity index is 963. The third-order valence-corrected chi connectivity index (χ3v) is 8.90. The molecular weight excluding hydrogens is 434 g/mol. The highest BCUT2D eigenvalue weighted by Crippen LogP contribution is 2.22. The number of piperazine rings is 1. The van der Waals surface area contributed by atoms with Crippen LogP contribution in [0.5, 0.6) is 0 Å². The highest BCUT2D eigenvalue weighted by atomic mass is 32.2. The van der Waals surface area contributed by atoms with Crippen molar-refractivity contribution in [3.63, 3.8) is 0 Å². The molecule has 2 saturated heterocycles. The summed E-state index contributed by atoms with van der Waals surface area (Å²) in [7, 11) is -3.49. The third-order valence-electron chi connectivity index (χ3n) is 6.02. The van der Waals surface area contributed by atoms with Gasteiger partial charge in [-0.2, -0.15) is 4.31 Å². The first kappa shape index (κ1) is 22.4. The minimum absolute atomic E-state index is 0.0830. The van der Waals surface area contributed by atoms with E-state index in [2.05, 4.69) is 4.90 Å². The topological polar surface area (TPSA) is 81.2 Å². The maximum Gasteiger partial charge on any atom is 0.253 e. The highest BCUT2D eigenvalue weighted by molar-refractivity contribution is 7.89. The number of aliphatic hydroxyl groups is 1. The molecule has 1 unspecified atom stereocenters. The van der Waals surface area contributed by atoms with Crippen molar-refractivity contribution < 1.29 is 18.3 Å². The van der Waals surface area contributed by atoms with Gasteiger partial charge in [0.2, 0.25) is 10.0 Å². The summed E-state index contributed by atoms with van der Waals surface area (Å²) < 4.78 is 27.1. The molecule has 1 amide bonds. The first-order valence-electron chi connectivity index (χ1n) is 10.8. The molecule has 3 heterocycles. The van der Waals surface area contributed by atoms with Crippen LogP contribution in [0.1, 0.15) is 40.6 Å². The summed E-state index contributed by atoms with van der Waals surface area (Å²) in [5.74, 6) is -0.0830. The zero-order valence-corrected chi connectivity index (χ0v) is 19.2. The number of carbonyl (C=O) groups is 1. The van der Waals surface area contributed by atoms with E-state index >= 15 is 0 Å². The van der Waals surface area contributed by atoms with Gasteiger partial charge in [0.25, 0.3) is 5.91 Å². The molecule has 0 bridgehead atoms. The normalized spacial score (nSPS) is 20.0. The Morgan fingerprint density at radius 3 is 2.26 bits per heavy atom. The van der Waals surface area contributed by atoms with Gasteiger partial charge in [0.15, 0.2) is 0 Å². The molecule has 7 nitrogen and oxygen atoms in total. The number of nitrogens with zero attached hydrogens (tertiary/aromatic N) is 3. The van der Waals surface area contributed by atoms with E-state index in [0.717, 1.165) is 24.1 Å². The van der Waals surface area contributed by atoms with Crippen molar-refractivity contribution >= 4 is 27.3 Å². The molecule has 1 N–H and O–H groups in total. The van der Waals surface area contributed by atoms with Crippen LogP contribution in [0.3, 0.4) is 0 Å². The molecule has 0 aliphatic carbocycles. The molecule has 2 aromatic rings. The number of benzene rings is 1. The fourth-order valence-corrected chi connectivity index (χ4v) is 6.38. The summed E-state index contributed by atoms with van der Waals surface area (Å²) in [6.45, 7) is 4.27. The SMILES string of the molecule is O=C(c1ccc(S(=O)(=O)N2CCCCC2)cc1)N1CCN(CC(O)c2cccs2)CC1. The molecule has 1 aromatic carbocycles. The van der Waals surface area contributed by atoms with Crippen molar-refractivity contribution in [3.05, 3.63) is 52.2 Å². The van der Waals surface area contributed by atoms with Crippen LogP contribution in [0.4, 0.5) is 0 Å². The van der Waals surface area contributed by atoms with Gasteiger partial charge in [-0.05, 0) is 48.6 Å². The number of amides is 1. The van der Waals surface area contributed by atoms with Crippen LogP contribution in [0.2, 0.25) is 0 Å². The van der Waals surface area contributed by atoms with Gasteiger partial charge < -0.3 is 10.0 Å². The summed E-state index contributed by atoms with van der Waals surface area (Å²) in [6.07, 6.45) is 2.36. The largest absolute Gasteiger partial charge is 0.386 e. The summed E-state index contributed by atoms with van der Waals surface area (Å²) in [5, 5.41) is 12.3. The van der Waals surface area contributed by atoms with E-state index in [1.54, 1.807) is 40.5 Å². The number of carbonyl (C=O) groups excluding carboxylic acids is 1. The van der Waals surface area contributed by atoms with E-state index in [0.29, 0.717) is 51.4 Å². The van der Waals surface area contributed by atoms with Crippen LogP contribution >= 0.6 is 11.3 Å². The van der Waals surface area contributed by atoms with Gasteiger partial charge in [-0.25, -0.2) is 8.42 Å². The Labute approximate surface area is 187 Å². The lowest BCUT2D eigenvalue weighted by Crippen LogP contribution is -2.49. The first-order valence-corrected chi connectivity index (χ1v) is 13.1. The highest BCUT2D eigenvalue weighted by Gasteiger charge is 2.27. The molecule has 9 heteroatoms. The van der Waals surface area contributed by atoms with Crippen molar-refractivity contribution in [2.45, 2.75) is 30.3 Å². The summed E-state index contributed by atoms with van der Waals surface area (Å²) in [4.78, 5) is 18.0. The number of piperidine rings is 1. The number of hydrogen-bond donors (Lipinski definition) is 1.